The molecule has 4 atom stereocenters. The van der Waals surface area contributed by atoms with Crippen molar-refractivity contribution in [1.82, 2.24) is 10.3 Å². The van der Waals surface area contributed by atoms with Crippen LogP contribution in [-0.4, -0.2) is 28.5 Å². The number of benzene rings is 2. The van der Waals surface area contributed by atoms with E-state index in [0.29, 0.717) is 0 Å². The molecule has 1 spiro atoms. The van der Waals surface area contributed by atoms with Gasteiger partial charge in [0.15, 0.2) is 0 Å². The summed E-state index contributed by atoms with van der Waals surface area (Å²) in [6.45, 7) is 5.61. The molecular formula is C28H26IN3O3S. The van der Waals surface area contributed by atoms with Crippen LogP contribution >= 0.6 is 33.9 Å². The molecule has 0 unspecified atom stereocenters. The SMILES string of the molecule is CC(C)(C)OC(=O)[C@H]1N[C@H](c2ccc3[nH]ccc3c2)[C@]2(C(=O)Nc3ccccc32)[C@@H]1c1ccc(I)s1. The number of ether oxygens (including phenoxy) is 1. The number of fused-ring (bicyclic) bond motifs is 3. The first-order valence-electron chi connectivity index (χ1n) is 11.9. The lowest BCUT2D eigenvalue weighted by Crippen LogP contribution is -2.44. The van der Waals surface area contributed by atoms with E-state index in [1.54, 1.807) is 11.3 Å². The van der Waals surface area contributed by atoms with Crippen LogP contribution in [0.3, 0.4) is 0 Å². The molecule has 1 amide bonds. The Kier molecular flexibility index (Phi) is 5.55. The van der Waals surface area contributed by atoms with Crippen LogP contribution in [0, 0.1) is 2.88 Å². The number of hydrogen-bond donors (Lipinski definition) is 3. The van der Waals surface area contributed by atoms with E-state index < -0.39 is 29.0 Å². The van der Waals surface area contributed by atoms with Crippen LogP contribution in [0.1, 0.15) is 48.7 Å². The first kappa shape index (κ1) is 23.7. The summed E-state index contributed by atoms with van der Waals surface area (Å²) in [5.74, 6) is -0.899. The Morgan fingerprint density at radius 3 is 2.64 bits per heavy atom. The van der Waals surface area contributed by atoms with Gasteiger partial charge >= 0.3 is 5.97 Å². The monoisotopic (exact) mass is 611 g/mol. The third-order valence-corrected chi connectivity index (χ3v) is 9.07. The molecule has 4 aromatic rings. The average molecular weight is 612 g/mol. The number of aromatic amines is 1. The molecule has 2 aliphatic heterocycles. The zero-order valence-electron chi connectivity index (χ0n) is 20.1. The zero-order chi connectivity index (χ0) is 25.2. The fourth-order valence-corrected chi connectivity index (χ4v) is 7.70. The van der Waals surface area contributed by atoms with Gasteiger partial charge < -0.3 is 15.0 Å². The molecule has 0 saturated carbocycles. The zero-order valence-corrected chi connectivity index (χ0v) is 23.1. The number of rotatable bonds is 3. The normalized spacial score (nSPS) is 25.3. The maximum Gasteiger partial charge on any atom is 0.324 e. The molecule has 2 aromatic heterocycles. The summed E-state index contributed by atoms with van der Waals surface area (Å²) in [5.41, 5.74) is 1.99. The summed E-state index contributed by atoms with van der Waals surface area (Å²) in [6.07, 6.45) is 1.91. The second-order valence-corrected chi connectivity index (χ2v) is 13.4. The molecular weight excluding hydrogens is 585 g/mol. The molecule has 184 valence electrons. The average Bonchev–Trinajstić information content (AvgIpc) is 3.58. The molecule has 0 radical (unpaired) electrons. The molecule has 0 aliphatic carbocycles. The molecule has 1 saturated heterocycles. The Labute approximate surface area is 227 Å². The van der Waals surface area contributed by atoms with Crippen molar-refractivity contribution in [2.24, 2.45) is 0 Å². The number of H-pyrrole nitrogens is 1. The van der Waals surface area contributed by atoms with Crippen molar-refractivity contribution in [1.29, 1.82) is 0 Å². The molecule has 3 N–H and O–H groups in total. The van der Waals surface area contributed by atoms with Crippen LogP contribution in [0.5, 0.6) is 0 Å². The molecule has 8 heteroatoms. The Hall–Kier alpha value is -2.69. The molecule has 36 heavy (non-hydrogen) atoms. The topological polar surface area (TPSA) is 83.2 Å². The summed E-state index contributed by atoms with van der Waals surface area (Å²) in [7, 11) is 0. The minimum atomic E-state index is -1.03. The predicted octanol–water partition coefficient (Wildman–Crippen LogP) is 5.86. The number of amides is 1. The standard InChI is InChI=1S/C28H26IN3O3S/c1-27(2,3)35-25(33)23-22(20-10-11-21(29)36-20)28(17-6-4-5-7-19(17)31-26(28)34)24(32-23)16-8-9-18-15(14-16)12-13-30-18/h4-14,22-24,30,32H,1-3H3,(H,31,34)/t22-,23+,24-,28-/m1/s1. The Morgan fingerprint density at radius 1 is 1.08 bits per heavy atom. The van der Waals surface area contributed by atoms with Gasteiger partial charge in [0.2, 0.25) is 5.91 Å². The van der Waals surface area contributed by atoms with Crippen molar-refractivity contribution in [2.75, 3.05) is 5.32 Å². The second-order valence-electron chi connectivity index (χ2n) is 10.4. The second kappa shape index (κ2) is 8.43. The minimum Gasteiger partial charge on any atom is -0.459 e. The third kappa shape index (κ3) is 3.61. The number of nitrogens with one attached hydrogen (secondary N) is 3. The lowest BCUT2D eigenvalue weighted by molar-refractivity contribution is -0.157. The van der Waals surface area contributed by atoms with Gasteiger partial charge in [-0.2, -0.15) is 0 Å². The molecule has 4 heterocycles. The van der Waals surface area contributed by atoms with Crippen LogP contribution in [0.25, 0.3) is 10.9 Å². The van der Waals surface area contributed by atoms with Crippen molar-refractivity contribution in [3.63, 3.8) is 0 Å². The summed E-state index contributed by atoms with van der Waals surface area (Å²) < 4.78 is 7.01. The van der Waals surface area contributed by atoms with Gasteiger partial charge in [-0.25, -0.2) is 0 Å². The van der Waals surface area contributed by atoms with E-state index >= 15 is 0 Å². The number of para-hydroxylation sites is 1. The predicted molar refractivity (Wildman–Crippen MR) is 150 cm³/mol. The van der Waals surface area contributed by atoms with Crippen LogP contribution in [-0.2, 0) is 19.7 Å². The highest BCUT2D eigenvalue weighted by molar-refractivity contribution is 14.1. The first-order valence-corrected chi connectivity index (χ1v) is 13.8. The number of esters is 1. The van der Waals surface area contributed by atoms with Crippen molar-refractivity contribution in [3.05, 3.63) is 85.7 Å². The smallest absolute Gasteiger partial charge is 0.324 e. The number of anilines is 1. The van der Waals surface area contributed by atoms with Gasteiger partial charge in [0.1, 0.15) is 17.1 Å². The molecule has 1 fully saturated rings. The van der Waals surface area contributed by atoms with Crippen LogP contribution in [0.4, 0.5) is 5.69 Å². The van der Waals surface area contributed by atoms with Gasteiger partial charge in [-0.15, -0.1) is 11.3 Å². The fourth-order valence-electron chi connectivity index (χ4n) is 5.81. The Bertz CT molecular complexity index is 1500. The highest BCUT2D eigenvalue weighted by atomic mass is 127. The van der Waals surface area contributed by atoms with Crippen molar-refractivity contribution >= 4 is 62.4 Å². The summed E-state index contributed by atoms with van der Waals surface area (Å²) in [5, 5.41) is 7.80. The number of hydrogen-bond acceptors (Lipinski definition) is 5. The summed E-state index contributed by atoms with van der Waals surface area (Å²) in [4.78, 5) is 32.2. The number of halogens is 1. The maximum absolute atomic E-state index is 14.2. The van der Waals surface area contributed by atoms with Crippen LogP contribution in [0.15, 0.2) is 66.9 Å². The van der Waals surface area contributed by atoms with Crippen LogP contribution in [0.2, 0.25) is 0 Å². The Morgan fingerprint density at radius 2 is 1.89 bits per heavy atom. The highest BCUT2D eigenvalue weighted by Gasteiger charge is 2.66. The number of thiophene rings is 1. The van der Waals surface area contributed by atoms with Gasteiger partial charge in [-0.1, -0.05) is 24.3 Å². The van der Waals surface area contributed by atoms with E-state index in [1.807, 2.05) is 81.6 Å². The molecule has 2 aromatic carbocycles. The number of carbonyl (C=O) groups is 2. The van der Waals surface area contributed by atoms with E-state index in [0.717, 1.165) is 35.5 Å². The van der Waals surface area contributed by atoms with Gasteiger partial charge in [0.25, 0.3) is 0 Å². The minimum absolute atomic E-state index is 0.102. The van der Waals surface area contributed by atoms with Crippen molar-refractivity contribution in [3.8, 4) is 0 Å². The Balaban J connectivity index is 1.61. The maximum atomic E-state index is 14.2. The highest BCUT2D eigenvalue weighted by Crippen LogP contribution is 2.60. The van der Waals surface area contributed by atoms with Crippen molar-refractivity contribution in [2.45, 2.75) is 49.8 Å². The quantitative estimate of drug-likeness (QED) is 0.200. The van der Waals surface area contributed by atoms with Crippen molar-refractivity contribution < 1.29 is 14.3 Å². The number of carbonyl (C=O) groups excluding carboxylic acids is 2. The van der Waals surface area contributed by atoms with E-state index in [9.17, 15) is 9.59 Å². The van der Waals surface area contributed by atoms with E-state index in [-0.39, 0.29) is 11.9 Å². The summed E-state index contributed by atoms with van der Waals surface area (Å²) in [6, 6.07) is 19.0. The summed E-state index contributed by atoms with van der Waals surface area (Å²) >= 11 is 3.91. The van der Waals surface area contributed by atoms with Gasteiger partial charge in [0, 0.05) is 28.2 Å². The fraction of sp³-hybridized carbons (Fsp3) is 0.286. The third-order valence-electron chi connectivity index (χ3n) is 7.09. The first-order chi connectivity index (χ1) is 17.2. The molecule has 2 aliphatic rings. The van der Waals surface area contributed by atoms with E-state index in [2.05, 4.69) is 44.3 Å². The largest absolute Gasteiger partial charge is 0.459 e. The van der Waals surface area contributed by atoms with Gasteiger partial charge in [-0.3, -0.25) is 14.9 Å². The van der Waals surface area contributed by atoms with E-state index in [4.69, 9.17) is 4.74 Å². The van der Waals surface area contributed by atoms with Crippen LogP contribution < -0.4 is 10.6 Å². The van der Waals surface area contributed by atoms with E-state index in [1.165, 1.54) is 0 Å². The molecule has 6 nitrogen and oxygen atoms in total. The lowest BCUT2D eigenvalue weighted by atomic mass is 9.65. The molecule has 6 rings (SSSR count). The molecule has 0 bridgehead atoms. The number of aromatic nitrogens is 1. The van der Waals surface area contributed by atoms with Gasteiger partial charge in [0.05, 0.1) is 8.93 Å². The lowest BCUT2D eigenvalue weighted by Gasteiger charge is -2.35. The van der Waals surface area contributed by atoms with Gasteiger partial charge in [-0.05, 0) is 96.3 Å².